The lowest BCUT2D eigenvalue weighted by atomic mass is 10.00. The van der Waals surface area contributed by atoms with Crippen LogP contribution < -0.4 is 5.32 Å². The molecular weight excluding hydrogens is 240 g/mol. The summed E-state index contributed by atoms with van der Waals surface area (Å²) in [7, 11) is 1.65. The Morgan fingerprint density at radius 1 is 1.59 bits per heavy atom. The van der Waals surface area contributed by atoms with E-state index in [0.29, 0.717) is 17.4 Å². The van der Waals surface area contributed by atoms with Gasteiger partial charge in [0.25, 0.3) is 5.22 Å². The van der Waals surface area contributed by atoms with Gasteiger partial charge in [0.1, 0.15) is 11.3 Å². The predicted octanol–water partition coefficient (Wildman–Crippen LogP) is 1.84. The van der Waals surface area contributed by atoms with Crippen molar-refractivity contribution in [2.75, 3.05) is 12.8 Å². The predicted molar refractivity (Wildman–Crippen MR) is 66.4 cm³/mol. The van der Waals surface area contributed by atoms with Crippen molar-refractivity contribution >= 4 is 17.7 Å². The molecule has 0 amide bonds. The maximum Gasteiger partial charge on any atom is 0.323 e. The molecule has 0 radical (unpaired) electrons. The van der Waals surface area contributed by atoms with Gasteiger partial charge in [-0.25, -0.2) is 4.98 Å². The highest BCUT2D eigenvalue weighted by molar-refractivity contribution is 7.99. The Kier molecular flexibility index (Phi) is 4.59. The second kappa shape index (κ2) is 5.55. The summed E-state index contributed by atoms with van der Waals surface area (Å²) in [5.74, 6) is 0.603. The molecule has 17 heavy (non-hydrogen) atoms. The lowest BCUT2D eigenvalue weighted by Crippen LogP contribution is -2.47. The molecule has 1 unspecified atom stereocenters. The third-order valence-electron chi connectivity index (χ3n) is 2.86. The van der Waals surface area contributed by atoms with Gasteiger partial charge in [-0.1, -0.05) is 11.8 Å². The number of hydrogen-bond donors (Lipinski definition) is 2. The van der Waals surface area contributed by atoms with Crippen molar-refractivity contribution in [1.82, 2.24) is 10.3 Å². The number of nitrogens with one attached hydrogen (secondary N) is 1. The van der Waals surface area contributed by atoms with Gasteiger partial charge < -0.3 is 14.8 Å². The third-order valence-corrected chi connectivity index (χ3v) is 3.69. The van der Waals surface area contributed by atoms with Crippen LogP contribution in [-0.4, -0.2) is 34.4 Å². The number of oxazole rings is 1. The molecule has 6 heteroatoms. The normalized spacial score (nSPS) is 14.6. The highest BCUT2D eigenvalue weighted by atomic mass is 32.2. The first-order valence-corrected chi connectivity index (χ1v) is 6.37. The molecule has 0 aliphatic carbocycles. The molecule has 1 aromatic heterocycles. The van der Waals surface area contributed by atoms with Crippen molar-refractivity contribution in [3.8, 4) is 0 Å². The fraction of sp³-hybridized carbons (Fsp3) is 0.636. The van der Waals surface area contributed by atoms with E-state index in [1.807, 2.05) is 13.8 Å². The van der Waals surface area contributed by atoms with Gasteiger partial charge in [-0.2, -0.15) is 0 Å². The van der Waals surface area contributed by atoms with Crippen LogP contribution in [0.4, 0.5) is 0 Å². The van der Waals surface area contributed by atoms with Crippen LogP contribution in [0.5, 0.6) is 0 Å². The molecule has 1 rings (SSSR count). The van der Waals surface area contributed by atoms with Gasteiger partial charge in [0, 0.05) is 5.75 Å². The largest absolute Gasteiger partial charge is 0.480 e. The fourth-order valence-corrected chi connectivity index (χ4v) is 2.26. The van der Waals surface area contributed by atoms with Crippen molar-refractivity contribution in [2.24, 2.45) is 0 Å². The first kappa shape index (κ1) is 14.1. The summed E-state index contributed by atoms with van der Waals surface area (Å²) in [6.45, 7) is 5.42. The van der Waals surface area contributed by atoms with Crippen molar-refractivity contribution in [3.05, 3.63) is 11.5 Å². The zero-order valence-corrected chi connectivity index (χ0v) is 11.3. The van der Waals surface area contributed by atoms with Crippen LogP contribution in [0, 0.1) is 13.8 Å². The van der Waals surface area contributed by atoms with Gasteiger partial charge in [0.2, 0.25) is 0 Å². The Labute approximate surface area is 105 Å². The maximum absolute atomic E-state index is 11.0. The number of aliphatic carboxylic acids is 1. The number of aryl methyl sites for hydroxylation is 2. The van der Waals surface area contributed by atoms with Crippen LogP contribution >= 0.6 is 11.8 Å². The van der Waals surface area contributed by atoms with Crippen LogP contribution in [0.1, 0.15) is 24.8 Å². The van der Waals surface area contributed by atoms with E-state index in [1.165, 1.54) is 11.8 Å². The highest BCUT2D eigenvalue weighted by Gasteiger charge is 2.30. The molecule has 96 valence electrons. The van der Waals surface area contributed by atoms with E-state index in [-0.39, 0.29) is 0 Å². The van der Waals surface area contributed by atoms with Crippen LogP contribution in [0.3, 0.4) is 0 Å². The topological polar surface area (TPSA) is 75.4 Å². The molecule has 0 aliphatic rings. The smallest absolute Gasteiger partial charge is 0.323 e. The molecule has 5 nitrogen and oxygen atoms in total. The molecule has 1 atom stereocenters. The molecule has 0 aliphatic heterocycles. The van der Waals surface area contributed by atoms with E-state index in [2.05, 4.69) is 10.3 Å². The minimum absolute atomic E-state index is 0.504. The minimum Gasteiger partial charge on any atom is -0.480 e. The van der Waals surface area contributed by atoms with Crippen LogP contribution in [-0.2, 0) is 4.79 Å². The summed E-state index contributed by atoms with van der Waals surface area (Å²) >= 11 is 1.43. The maximum atomic E-state index is 11.0. The van der Waals surface area contributed by atoms with Gasteiger partial charge >= 0.3 is 5.97 Å². The second-order valence-corrected chi connectivity index (χ2v) is 5.15. The molecule has 1 aromatic rings. The monoisotopic (exact) mass is 258 g/mol. The minimum atomic E-state index is -0.899. The quantitative estimate of drug-likeness (QED) is 0.758. The first-order chi connectivity index (χ1) is 7.89. The molecule has 0 saturated heterocycles. The molecule has 1 heterocycles. The molecule has 2 N–H and O–H groups in total. The van der Waals surface area contributed by atoms with Crippen molar-refractivity contribution in [3.63, 3.8) is 0 Å². The van der Waals surface area contributed by atoms with E-state index in [9.17, 15) is 4.79 Å². The molecule has 0 saturated carbocycles. The molecule has 0 spiro atoms. The van der Waals surface area contributed by atoms with Gasteiger partial charge in [0.15, 0.2) is 0 Å². The molecular formula is C11H18N2O3S. The Morgan fingerprint density at radius 3 is 2.65 bits per heavy atom. The number of hydrogen-bond acceptors (Lipinski definition) is 5. The average Bonchev–Trinajstić information content (AvgIpc) is 2.57. The number of aromatic nitrogens is 1. The van der Waals surface area contributed by atoms with Crippen molar-refractivity contribution < 1.29 is 14.3 Å². The van der Waals surface area contributed by atoms with Crippen LogP contribution in [0.15, 0.2) is 9.64 Å². The number of likely N-dealkylation sites (N-methyl/N-ethyl adjacent to an activating group) is 1. The Bertz CT molecular complexity index is 386. The van der Waals surface area contributed by atoms with Crippen molar-refractivity contribution in [1.29, 1.82) is 0 Å². The first-order valence-electron chi connectivity index (χ1n) is 5.38. The number of carbonyl (C=O) groups is 1. The van der Waals surface area contributed by atoms with E-state index in [0.717, 1.165) is 11.5 Å². The van der Waals surface area contributed by atoms with Crippen LogP contribution in [0.2, 0.25) is 0 Å². The lowest BCUT2D eigenvalue weighted by Gasteiger charge is -2.23. The van der Waals surface area contributed by atoms with E-state index in [1.54, 1.807) is 14.0 Å². The lowest BCUT2D eigenvalue weighted by molar-refractivity contribution is -0.144. The molecule has 0 fully saturated rings. The summed E-state index contributed by atoms with van der Waals surface area (Å²) in [5, 5.41) is 12.5. The molecule has 0 bridgehead atoms. The van der Waals surface area contributed by atoms with E-state index in [4.69, 9.17) is 9.52 Å². The summed E-state index contributed by atoms with van der Waals surface area (Å²) in [4.78, 5) is 15.3. The summed E-state index contributed by atoms with van der Waals surface area (Å²) in [6, 6.07) is 0. The van der Waals surface area contributed by atoms with Gasteiger partial charge in [0.05, 0.1) is 5.69 Å². The number of nitrogens with zero attached hydrogens (tertiary/aromatic N) is 1. The Hall–Kier alpha value is -1.01. The highest BCUT2D eigenvalue weighted by Crippen LogP contribution is 2.23. The number of carboxylic acid groups (broad SMARTS) is 1. The Morgan fingerprint density at radius 2 is 2.24 bits per heavy atom. The second-order valence-electron chi connectivity index (χ2n) is 4.11. The van der Waals surface area contributed by atoms with Gasteiger partial charge in [-0.15, -0.1) is 0 Å². The van der Waals surface area contributed by atoms with Crippen LogP contribution in [0.25, 0.3) is 0 Å². The van der Waals surface area contributed by atoms with E-state index < -0.39 is 11.5 Å². The summed E-state index contributed by atoms with van der Waals surface area (Å²) in [6.07, 6.45) is 0.504. The van der Waals surface area contributed by atoms with Gasteiger partial charge in [-0.3, -0.25) is 4.79 Å². The van der Waals surface area contributed by atoms with Crippen molar-refractivity contribution in [2.45, 2.75) is 38.0 Å². The Balaban J connectivity index is 2.49. The third kappa shape index (κ3) is 3.47. The standard InChI is InChI=1S/C11H18N2O3S/c1-7-8(2)16-10(13-7)17-6-5-11(3,12-4)9(14)15/h12H,5-6H2,1-4H3,(H,14,15). The number of rotatable bonds is 6. The summed E-state index contributed by atoms with van der Waals surface area (Å²) in [5.41, 5.74) is -0.0222. The summed E-state index contributed by atoms with van der Waals surface area (Å²) < 4.78 is 5.41. The average molecular weight is 258 g/mol. The van der Waals surface area contributed by atoms with E-state index >= 15 is 0 Å². The zero-order valence-electron chi connectivity index (χ0n) is 10.5. The fourth-order valence-electron chi connectivity index (χ4n) is 1.19. The zero-order chi connectivity index (χ0) is 13.1. The number of carboxylic acids is 1. The van der Waals surface area contributed by atoms with Gasteiger partial charge in [-0.05, 0) is 34.2 Å². The molecule has 0 aromatic carbocycles. The SMILES string of the molecule is CNC(C)(CCSc1nc(C)c(C)o1)C(=O)O. The number of thioether (sulfide) groups is 1.